The average molecular weight is 486 g/mol. The molecule has 2 aromatic carbocycles. The first kappa shape index (κ1) is 25.3. The van der Waals surface area contributed by atoms with Crippen molar-refractivity contribution in [3.05, 3.63) is 89.9 Å². The summed E-state index contributed by atoms with van der Waals surface area (Å²) in [6, 6.07) is 21.7. The third-order valence-electron chi connectivity index (χ3n) is 5.65. The fourth-order valence-electron chi connectivity index (χ4n) is 4.08. The highest BCUT2D eigenvalue weighted by molar-refractivity contribution is 5.65. The number of hydrogen-bond donors (Lipinski definition) is 1. The minimum atomic E-state index is -0.730. The number of aryl methyl sites for hydroxylation is 2. The van der Waals surface area contributed by atoms with Gasteiger partial charge in [-0.05, 0) is 36.8 Å². The smallest absolute Gasteiger partial charge is 0.222 e. The molecular weight excluding hydrogens is 454 g/mol. The first-order valence-corrected chi connectivity index (χ1v) is 11.8. The van der Waals surface area contributed by atoms with Crippen molar-refractivity contribution in [1.82, 2.24) is 14.7 Å². The van der Waals surface area contributed by atoms with Gasteiger partial charge >= 0.3 is 0 Å². The highest BCUT2D eigenvalue weighted by Gasteiger charge is 2.24. The molecule has 0 aliphatic carbocycles. The van der Waals surface area contributed by atoms with Gasteiger partial charge < -0.3 is 19.0 Å². The number of ether oxygens (including phenoxy) is 2. The summed E-state index contributed by atoms with van der Waals surface area (Å²) in [6.07, 6.45) is 6.18. The Hall–Kier alpha value is -3.83. The van der Waals surface area contributed by atoms with E-state index in [0.29, 0.717) is 25.5 Å². The molecule has 1 N–H and O–H groups in total. The van der Waals surface area contributed by atoms with Gasteiger partial charge in [0.15, 0.2) is 0 Å². The van der Waals surface area contributed by atoms with Crippen LogP contribution in [0.2, 0.25) is 0 Å². The van der Waals surface area contributed by atoms with E-state index in [9.17, 15) is 5.11 Å². The lowest BCUT2D eigenvalue weighted by Crippen LogP contribution is -2.34. The van der Waals surface area contributed by atoms with Crippen LogP contribution in [0.1, 0.15) is 16.9 Å². The molecular formula is C29H31N3O4. The van der Waals surface area contributed by atoms with Gasteiger partial charge in [0.1, 0.15) is 23.8 Å². The summed E-state index contributed by atoms with van der Waals surface area (Å²) in [7, 11) is 1.88. The van der Waals surface area contributed by atoms with Crippen LogP contribution in [0, 0.1) is 19.3 Å². The second-order valence-corrected chi connectivity index (χ2v) is 8.66. The molecule has 7 nitrogen and oxygen atoms in total. The quantitative estimate of drug-likeness (QED) is 0.230. The SMILES string of the molecule is C#CCOCC(O)CN(Cc1ccco1)Cc1c(-c2ccccc2)nn(C)c1Oc1cccc(C)c1. The topological polar surface area (TPSA) is 72.9 Å². The molecule has 4 aromatic rings. The van der Waals surface area contributed by atoms with Crippen molar-refractivity contribution in [2.45, 2.75) is 26.1 Å². The number of rotatable bonds is 12. The van der Waals surface area contributed by atoms with Gasteiger partial charge in [0.25, 0.3) is 0 Å². The fraction of sp³-hybridized carbons (Fsp3) is 0.276. The molecule has 0 aliphatic rings. The Balaban J connectivity index is 1.68. The Kier molecular flexibility index (Phi) is 8.58. The zero-order valence-electron chi connectivity index (χ0n) is 20.6. The number of hydrogen-bond acceptors (Lipinski definition) is 6. The lowest BCUT2D eigenvalue weighted by molar-refractivity contribution is 0.0229. The van der Waals surface area contributed by atoms with Crippen LogP contribution in [0.25, 0.3) is 11.3 Å². The number of terminal acetylenes is 1. The van der Waals surface area contributed by atoms with Gasteiger partial charge in [-0.2, -0.15) is 5.10 Å². The van der Waals surface area contributed by atoms with Crippen LogP contribution in [0.15, 0.2) is 77.4 Å². The first-order chi connectivity index (χ1) is 17.5. The van der Waals surface area contributed by atoms with Gasteiger partial charge in [0.05, 0.1) is 31.1 Å². The van der Waals surface area contributed by atoms with Crippen LogP contribution in [0.3, 0.4) is 0 Å². The van der Waals surface area contributed by atoms with Crippen molar-refractivity contribution in [3.63, 3.8) is 0 Å². The Morgan fingerprint density at radius 2 is 1.94 bits per heavy atom. The van der Waals surface area contributed by atoms with Crippen LogP contribution >= 0.6 is 0 Å². The second kappa shape index (κ2) is 12.2. The highest BCUT2D eigenvalue weighted by atomic mass is 16.5. The Morgan fingerprint density at radius 1 is 1.11 bits per heavy atom. The molecule has 7 heteroatoms. The largest absolute Gasteiger partial charge is 0.468 e. The molecule has 4 rings (SSSR count). The number of benzene rings is 2. The maximum absolute atomic E-state index is 10.7. The summed E-state index contributed by atoms with van der Waals surface area (Å²) in [5.74, 6) is 4.59. The zero-order valence-corrected chi connectivity index (χ0v) is 20.6. The predicted molar refractivity (Wildman–Crippen MR) is 138 cm³/mol. The van der Waals surface area contributed by atoms with E-state index >= 15 is 0 Å². The van der Waals surface area contributed by atoms with E-state index in [1.807, 2.05) is 80.7 Å². The van der Waals surface area contributed by atoms with Gasteiger partial charge in [-0.3, -0.25) is 4.90 Å². The summed E-state index contributed by atoms with van der Waals surface area (Å²) in [4.78, 5) is 2.09. The third-order valence-corrected chi connectivity index (χ3v) is 5.65. The summed E-state index contributed by atoms with van der Waals surface area (Å²) in [6.45, 7) is 3.63. The second-order valence-electron chi connectivity index (χ2n) is 8.66. The number of aromatic nitrogens is 2. The van der Waals surface area contributed by atoms with Gasteiger partial charge in [0, 0.05) is 25.7 Å². The molecule has 186 valence electrons. The number of furan rings is 1. The standard InChI is InChI=1S/C29H31N3O4/c1-4-15-34-21-24(33)18-32(19-26-14-9-16-35-26)20-27-28(23-11-6-5-7-12-23)30-31(3)29(27)36-25-13-8-10-22(2)17-25/h1,5-14,16-17,24,33H,15,18-21H2,2-3H3. The summed E-state index contributed by atoms with van der Waals surface area (Å²) in [5, 5.41) is 15.5. The van der Waals surface area contributed by atoms with E-state index in [4.69, 9.17) is 25.4 Å². The van der Waals surface area contributed by atoms with Crippen molar-refractivity contribution in [3.8, 4) is 35.2 Å². The molecule has 0 amide bonds. The number of nitrogens with zero attached hydrogens (tertiary/aromatic N) is 3. The molecule has 2 aromatic heterocycles. The molecule has 36 heavy (non-hydrogen) atoms. The van der Waals surface area contributed by atoms with E-state index < -0.39 is 6.10 Å². The van der Waals surface area contributed by atoms with Gasteiger partial charge in [-0.25, -0.2) is 4.68 Å². The van der Waals surface area contributed by atoms with Crippen molar-refractivity contribution >= 4 is 0 Å². The maximum atomic E-state index is 10.7. The predicted octanol–water partition coefficient (Wildman–Crippen LogP) is 4.79. The Morgan fingerprint density at radius 3 is 2.67 bits per heavy atom. The number of aliphatic hydroxyl groups is 1. The highest BCUT2D eigenvalue weighted by Crippen LogP contribution is 2.34. The normalized spacial score (nSPS) is 12.0. The first-order valence-electron chi connectivity index (χ1n) is 11.8. The van der Waals surface area contributed by atoms with E-state index in [-0.39, 0.29) is 13.2 Å². The molecule has 0 bridgehead atoms. The van der Waals surface area contributed by atoms with E-state index in [1.165, 1.54) is 0 Å². The van der Waals surface area contributed by atoms with Crippen molar-refractivity contribution in [1.29, 1.82) is 0 Å². The van der Waals surface area contributed by atoms with Crippen LogP contribution in [0.4, 0.5) is 0 Å². The average Bonchev–Trinajstić information content (AvgIpc) is 3.48. The van der Waals surface area contributed by atoms with Gasteiger partial charge in [-0.1, -0.05) is 48.4 Å². The van der Waals surface area contributed by atoms with Crippen molar-refractivity contribution in [2.24, 2.45) is 7.05 Å². The van der Waals surface area contributed by atoms with Crippen LogP contribution in [0.5, 0.6) is 11.6 Å². The summed E-state index contributed by atoms with van der Waals surface area (Å²) < 4.78 is 19.1. The summed E-state index contributed by atoms with van der Waals surface area (Å²) >= 11 is 0. The van der Waals surface area contributed by atoms with E-state index in [2.05, 4.69) is 10.8 Å². The van der Waals surface area contributed by atoms with Gasteiger partial charge in [-0.15, -0.1) is 6.42 Å². The van der Waals surface area contributed by atoms with E-state index in [0.717, 1.165) is 33.9 Å². The third kappa shape index (κ3) is 6.64. The van der Waals surface area contributed by atoms with Crippen molar-refractivity contribution < 1.29 is 19.0 Å². The Labute approximate surface area is 211 Å². The molecule has 1 atom stereocenters. The van der Waals surface area contributed by atoms with Gasteiger partial charge in [0.2, 0.25) is 5.88 Å². The fourth-order valence-corrected chi connectivity index (χ4v) is 4.08. The molecule has 2 heterocycles. The maximum Gasteiger partial charge on any atom is 0.222 e. The minimum absolute atomic E-state index is 0.143. The molecule has 0 radical (unpaired) electrons. The Bertz CT molecular complexity index is 1280. The lowest BCUT2D eigenvalue weighted by atomic mass is 10.1. The zero-order chi connectivity index (χ0) is 25.3. The lowest BCUT2D eigenvalue weighted by Gasteiger charge is -2.24. The number of aliphatic hydroxyl groups excluding tert-OH is 1. The molecule has 0 saturated carbocycles. The molecule has 0 aliphatic heterocycles. The molecule has 0 fully saturated rings. The summed E-state index contributed by atoms with van der Waals surface area (Å²) in [5.41, 5.74) is 3.82. The minimum Gasteiger partial charge on any atom is -0.468 e. The molecule has 1 unspecified atom stereocenters. The van der Waals surface area contributed by atoms with Crippen LogP contribution < -0.4 is 4.74 Å². The van der Waals surface area contributed by atoms with Crippen LogP contribution in [-0.2, 0) is 24.9 Å². The molecule has 0 saturated heterocycles. The molecule has 0 spiro atoms. The monoisotopic (exact) mass is 485 g/mol. The van der Waals surface area contributed by atoms with Crippen molar-refractivity contribution in [2.75, 3.05) is 19.8 Å². The van der Waals surface area contributed by atoms with Crippen LogP contribution in [-0.4, -0.2) is 45.6 Å². The van der Waals surface area contributed by atoms with E-state index in [1.54, 1.807) is 10.9 Å².